The van der Waals surface area contributed by atoms with E-state index in [4.69, 9.17) is 9.84 Å². The molecular formula is C9H15NO4. The van der Waals surface area contributed by atoms with Crippen LogP contribution in [0.1, 0.15) is 13.3 Å². The summed E-state index contributed by atoms with van der Waals surface area (Å²) in [5.41, 5.74) is 0. The molecule has 1 saturated heterocycles. The van der Waals surface area contributed by atoms with Gasteiger partial charge in [0.25, 0.3) is 0 Å². The van der Waals surface area contributed by atoms with E-state index in [1.807, 2.05) is 6.92 Å². The van der Waals surface area contributed by atoms with Crippen molar-refractivity contribution in [2.45, 2.75) is 19.4 Å². The zero-order valence-electron chi connectivity index (χ0n) is 8.40. The van der Waals surface area contributed by atoms with E-state index in [1.165, 1.54) is 0 Å². The van der Waals surface area contributed by atoms with E-state index in [0.29, 0.717) is 13.2 Å². The number of amides is 1. The molecule has 14 heavy (non-hydrogen) atoms. The lowest BCUT2D eigenvalue weighted by Gasteiger charge is -2.23. The SMILES string of the molecule is COC[C@H](C)N1C[C@@H](C(=O)O)CC1=O. The molecule has 5 nitrogen and oxygen atoms in total. The number of likely N-dealkylation sites (tertiary alicyclic amines) is 1. The van der Waals surface area contributed by atoms with Crippen LogP contribution in [0.15, 0.2) is 0 Å². The number of carboxylic acids is 1. The predicted octanol–water partition coefficient (Wildman–Crippen LogP) is -0.0456. The number of methoxy groups -OCH3 is 1. The fourth-order valence-corrected chi connectivity index (χ4v) is 1.65. The lowest BCUT2D eigenvalue weighted by Crippen LogP contribution is -2.37. The van der Waals surface area contributed by atoms with Gasteiger partial charge in [0, 0.05) is 20.1 Å². The van der Waals surface area contributed by atoms with Crippen LogP contribution in [0, 0.1) is 5.92 Å². The number of rotatable bonds is 4. The van der Waals surface area contributed by atoms with Crippen molar-refractivity contribution in [1.29, 1.82) is 0 Å². The Morgan fingerprint density at radius 1 is 1.79 bits per heavy atom. The number of carboxylic acid groups (broad SMARTS) is 1. The molecule has 5 heteroatoms. The van der Waals surface area contributed by atoms with E-state index < -0.39 is 11.9 Å². The molecule has 0 aromatic rings. The van der Waals surface area contributed by atoms with Crippen molar-refractivity contribution >= 4 is 11.9 Å². The molecule has 0 spiro atoms. The summed E-state index contributed by atoms with van der Waals surface area (Å²) in [7, 11) is 1.56. The normalized spacial score (nSPS) is 24.0. The smallest absolute Gasteiger partial charge is 0.308 e. The van der Waals surface area contributed by atoms with Crippen LogP contribution in [0.4, 0.5) is 0 Å². The molecule has 0 aromatic heterocycles. The summed E-state index contributed by atoms with van der Waals surface area (Å²) in [6, 6.07) is -0.0446. The number of ether oxygens (including phenoxy) is 1. The van der Waals surface area contributed by atoms with Crippen molar-refractivity contribution in [2.24, 2.45) is 5.92 Å². The van der Waals surface area contributed by atoms with Crippen molar-refractivity contribution in [3.8, 4) is 0 Å². The minimum atomic E-state index is -0.898. The third kappa shape index (κ3) is 2.23. The molecule has 0 saturated carbocycles. The Morgan fingerprint density at radius 2 is 2.43 bits per heavy atom. The number of carbonyl (C=O) groups is 2. The summed E-state index contributed by atoms with van der Waals surface area (Å²) >= 11 is 0. The van der Waals surface area contributed by atoms with Crippen LogP contribution in [-0.4, -0.2) is 48.2 Å². The molecule has 0 aromatic carbocycles. The highest BCUT2D eigenvalue weighted by molar-refractivity contribution is 5.86. The van der Waals surface area contributed by atoms with E-state index in [-0.39, 0.29) is 18.4 Å². The molecule has 0 unspecified atom stereocenters. The molecule has 1 N–H and O–H groups in total. The fourth-order valence-electron chi connectivity index (χ4n) is 1.65. The third-order valence-electron chi connectivity index (χ3n) is 2.45. The Bertz CT molecular complexity index is 241. The molecule has 1 heterocycles. The maximum Gasteiger partial charge on any atom is 0.308 e. The molecular weight excluding hydrogens is 186 g/mol. The van der Waals surface area contributed by atoms with Crippen molar-refractivity contribution in [2.75, 3.05) is 20.3 Å². The number of aliphatic carboxylic acids is 1. The number of nitrogens with zero attached hydrogens (tertiary/aromatic N) is 1. The lowest BCUT2D eigenvalue weighted by atomic mass is 10.1. The lowest BCUT2D eigenvalue weighted by molar-refractivity contribution is -0.141. The van der Waals surface area contributed by atoms with Crippen LogP contribution in [-0.2, 0) is 14.3 Å². The molecule has 2 atom stereocenters. The van der Waals surface area contributed by atoms with E-state index in [2.05, 4.69) is 0 Å². The molecule has 80 valence electrons. The summed E-state index contributed by atoms with van der Waals surface area (Å²) in [5, 5.41) is 8.75. The number of carbonyl (C=O) groups excluding carboxylic acids is 1. The second kappa shape index (κ2) is 4.41. The quantitative estimate of drug-likeness (QED) is 0.692. The number of hydrogen-bond acceptors (Lipinski definition) is 3. The van der Waals surface area contributed by atoms with Gasteiger partial charge in [0.1, 0.15) is 0 Å². The molecule has 1 aliphatic heterocycles. The van der Waals surface area contributed by atoms with Gasteiger partial charge in [-0.1, -0.05) is 0 Å². The Hall–Kier alpha value is -1.10. The summed E-state index contributed by atoms with van der Waals surface area (Å²) in [5.74, 6) is -1.55. The van der Waals surface area contributed by atoms with Gasteiger partial charge in [0.05, 0.1) is 18.6 Å². The van der Waals surface area contributed by atoms with Crippen molar-refractivity contribution in [3.63, 3.8) is 0 Å². The van der Waals surface area contributed by atoms with Crippen LogP contribution in [0.3, 0.4) is 0 Å². The Morgan fingerprint density at radius 3 is 2.86 bits per heavy atom. The number of hydrogen-bond donors (Lipinski definition) is 1. The molecule has 0 aliphatic carbocycles. The summed E-state index contributed by atoms with van der Waals surface area (Å²) in [6.07, 6.45) is 0.114. The van der Waals surface area contributed by atoms with E-state index in [0.717, 1.165) is 0 Å². The van der Waals surface area contributed by atoms with E-state index in [9.17, 15) is 9.59 Å². The highest BCUT2D eigenvalue weighted by Crippen LogP contribution is 2.20. The Balaban J connectivity index is 2.56. The van der Waals surface area contributed by atoms with Crippen LogP contribution in [0.5, 0.6) is 0 Å². The minimum absolute atomic E-state index is 0.0446. The van der Waals surface area contributed by atoms with E-state index in [1.54, 1.807) is 12.0 Å². The highest BCUT2D eigenvalue weighted by Gasteiger charge is 2.36. The zero-order valence-corrected chi connectivity index (χ0v) is 8.40. The van der Waals surface area contributed by atoms with Crippen LogP contribution < -0.4 is 0 Å². The van der Waals surface area contributed by atoms with Crippen molar-refractivity contribution in [3.05, 3.63) is 0 Å². The van der Waals surface area contributed by atoms with Gasteiger partial charge in [-0.2, -0.15) is 0 Å². The second-order valence-corrected chi connectivity index (χ2v) is 3.59. The van der Waals surface area contributed by atoms with Crippen LogP contribution in [0.25, 0.3) is 0 Å². The molecule has 1 fully saturated rings. The first-order chi connectivity index (χ1) is 6.56. The molecule has 0 radical (unpaired) electrons. The molecule has 1 aliphatic rings. The maximum absolute atomic E-state index is 11.4. The maximum atomic E-state index is 11.4. The largest absolute Gasteiger partial charge is 0.481 e. The second-order valence-electron chi connectivity index (χ2n) is 3.59. The highest BCUT2D eigenvalue weighted by atomic mass is 16.5. The van der Waals surface area contributed by atoms with Gasteiger partial charge in [-0.15, -0.1) is 0 Å². The Labute approximate surface area is 82.6 Å². The minimum Gasteiger partial charge on any atom is -0.481 e. The average molecular weight is 201 g/mol. The van der Waals surface area contributed by atoms with Gasteiger partial charge in [0.15, 0.2) is 0 Å². The van der Waals surface area contributed by atoms with Gasteiger partial charge in [-0.3, -0.25) is 9.59 Å². The molecule has 1 rings (SSSR count). The van der Waals surface area contributed by atoms with Crippen molar-refractivity contribution < 1.29 is 19.4 Å². The zero-order chi connectivity index (χ0) is 10.7. The first kappa shape index (κ1) is 11.0. The van der Waals surface area contributed by atoms with Crippen molar-refractivity contribution in [1.82, 2.24) is 4.90 Å². The van der Waals surface area contributed by atoms with Gasteiger partial charge >= 0.3 is 5.97 Å². The van der Waals surface area contributed by atoms with Gasteiger partial charge in [-0.25, -0.2) is 0 Å². The molecule has 0 bridgehead atoms. The fraction of sp³-hybridized carbons (Fsp3) is 0.778. The van der Waals surface area contributed by atoms with E-state index >= 15 is 0 Å². The van der Waals surface area contributed by atoms with Gasteiger partial charge in [0.2, 0.25) is 5.91 Å². The monoisotopic (exact) mass is 201 g/mol. The topological polar surface area (TPSA) is 66.8 Å². The van der Waals surface area contributed by atoms with Crippen LogP contribution in [0.2, 0.25) is 0 Å². The first-order valence-electron chi connectivity index (χ1n) is 4.57. The summed E-state index contributed by atoms with van der Waals surface area (Å²) in [4.78, 5) is 23.6. The predicted molar refractivity (Wildman–Crippen MR) is 48.8 cm³/mol. The summed E-state index contributed by atoms with van der Waals surface area (Å²) in [6.45, 7) is 2.60. The summed E-state index contributed by atoms with van der Waals surface area (Å²) < 4.78 is 4.92. The standard InChI is InChI=1S/C9H15NO4/c1-6(5-14-2)10-4-7(9(12)13)3-8(10)11/h6-7H,3-5H2,1-2H3,(H,12,13)/t6-,7-/m0/s1. The van der Waals surface area contributed by atoms with Gasteiger partial charge in [-0.05, 0) is 6.92 Å². The van der Waals surface area contributed by atoms with Gasteiger partial charge < -0.3 is 14.7 Å². The first-order valence-corrected chi connectivity index (χ1v) is 4.57. The average Bonchev–Trinajstić information content (AvgIpc) is 2.48. The third-order valence-corrected chi connectivity index (χ3v) is 2.45. The molecule has 1 amide bonds. The van der Waals surface area contributed by atoms with Crippen LogP contribution >= 0.6 is 0 Å². The Kier molecular flexibility index (Phi) is 3.46.